The second-order valence-electron chi connectivity index (χ2n) is 7.60. The molecule has 0 spiro atoms. The molecular weight excluding hydrogens is 448 g/mol. The maximum atomic E-state index is 13.1. The number of ether oxygens (including phenoxy) is 1. The Morgan fingerprint density at radius 2 is 1.93 bits per heavy atom. The Kier molecular flexibility index (Phi) is 5.90. The molecule has 1 saturated heterocycles. The van der Waals surface area contributed by atoms with Crippen LogP contribution < -0.4 is 4.74 Å². The zero-order valence-electron chi connectivity index (χ0n) is 16.7. The number of Topliss-reactive ketones (excluding diaryl/α,β-unsaturated/α-hetero) is 1. The maximum Gasteiger partial charge on any atom is 0.295 e. The number of aromatic nitrogens is 1. The van der Waals surface area contributed by atoms with Gasteiger partial charge in [0.15, 0.2) is 0 Å². The molecule has 1 aliphatic heterocycles. The minimum atomic E-state index is -0.699. The second kappa shape index (κ2) is 8.60. The number of nitrogens with zero attached hydrogens (tertiary/aromatic N) is 2. The number of rotatable bonds is 4. The van der Waals surface area contributed by atoms with Crippen molar-refractivity contribution >= 4 is 33.4 Å². The van der Waals surface area contributed by atoms with Gasteiger partial charge in [-0.3, -0.25) is 14.6 Å². The molecule has 0 bridgehead atoms. The van der Waals surface area contributed by atoms with Gasteiger partial charge in [-0.25, -0.2) is 0 Å². The molecule has 4 rings (SSSR count). The standard InChI is InChI=1S/C23H23BrN2O4/c1-30-18-11-10-14(13-16(18)24)21(27)19-20(17-9-5-6-12-25-17)26(23(29)22(19)28)15-7-3-2-4-8-15/h5-6,9-13,15,20,27H,2-4,7-8H2,1H3/b21-19-. The quantitative estimate of drug-likeness (QED) is 0.401. The Hall–Kier alpha value is -2.67. The SMILES string of the molecule is COc1ccc(/C(O)=C2/C(=O)C(=O)N(C3CCCCC3)C2c2ccccn2)cc1Br. The fourth-order valence-corrected chi connectivity index (χ4v) is 4.92. The number of carbonyl (C=O) groups is 2. The predicted octanol–water partition coefficient (Wildman–Crippen LogP) is 4.61. The van der Waals surface area contributed by atoms with Gasteiger partial charge in [0.2, 0.25) is 0 Å². The van der Waals surface area contributed by atoms with Crippen molar-refractivity contribution in [3.63, 3.8) is 0 Å². The molecule has 2 aromatic rings. The molecule has 1 saturated carbocycles. The summed E-state index contributed by atoms with van der Waals surface area (Å²) in [5.74, 6) is -0.825. The molecule has 2 heterocycles. The first-order chi connectivity index (χ1) is 14.5. The summed E-state index contributed by atoms with van der Waals surface area (Å²) in [5, 5.41) is 11.1. The van der Waals surface area contributed by atoms with Crippen LogP contribution in [-0.2, 0) is 9.59 Å². The van der Waals surface area contributed by atoms with E-state index in [2.05, 4.69) is 20.9 Å². The summed E-state index contributed by atoms with van der Waals surface area (Å²) in [6.07, 6.45) is 6.52. The van der Waals surface area contributed by atoms with E-state index in [0.717, 1.165) is 32.1 Å². The van der Waals surface area contributed by atoms with Gasteiger partial charge in [-0.1, -0.05) is 25.3 Å². The summed E-state index contributed by atoms with van der Waals surface area (Å²) >= 11 is 3.41. The van der Waals surface area contributed by atoms with Crippen LogP contribution in [0.3, 0.4) is 0 Å². The fourth-order valence-electron chi connectivity index (χ4n) is 4.38. The average molecular weight is 471 g/mol. The molecule has 1 aromatic heterocycles. The van der Waals surface area contributed by atoms with E-state index in [1.807, 2.05) is 6.07 Å². The molecule has 6 nitrogen and oxygen atoms in total. The summed E-state index contributed by atoms with van der Waals surface area (Å²) in [6.45, 7) is 0. The molecule has 0 radical (unpaired) electrons. The minimum absolute atomic E-state index is 0.0323. The van der Waals surface area contributed by atoms with Gasteiger partial charge in [0.25, 0.3) is 11.7 Å². The third-order valence-corrected chi connectivity index (χ3v) is 6.46. The number of likely N-dealkylation sites (tertiary alicyclic amines) is 1. The number of hydrogen-bond acceptors (Lipinski definition) is 5. The number of ketones is 1. The van der Waals surface area contributed by atoms with Crippen LogP contribution in [0, 0.1) is 0 Å². The van der Waals surface area contributed by atoms with Gasteiger partial charge in [-0.15, -0.1) is 0 Å². The third-order valence-electron chi connectivity index (χ3n) is 5.84. The highest BCUT2D eigenvalue weighted by Crippen LogP contribution is 2.42. The number of aliphatic hydroxyl groups is 1. The van der Waals surface area contributed by atoms with E-state index < -0.39 is 17.7 Å². The van der Waals surface area contributed by atoms with Gasteiger partial charge in [-0.2, -0.15) is 0 Å². The topological polar surface area (TPSA) is 79.7 Å². The molecule has 1 aromatic carbocycles. The third kappa shape index (κ3) is 3.62. The Balaban J connectivity index is 1.85. The zero-order valence-corrected chi connectivity index (χ0v) is 18.3. The number of methoxy groups -OCH3 is 1. The number of halogens is 1. The van der Waals surface area contributed by atoms with Gasteiger partial charge in [0.05, 0.1) is 22.8 Å². The molecule has 30 heavy (non-hydrogen) atoms. The van der Waals surface area contributed by atoms with E-state index in [1.54, 1.807) is 48.5 Å². The molecule has 1 aliphatic carbocycles. The van der Waals surface area contributed by atoms with E-state index in [-0.39, 0.29) is 17.4 Å². The number of pyridine rings is 1. The van der Waals surface area contributed by atoms with Gasteiger partial charge < -0.3 is 14.7 Å². The van der Waals surface area contributed by atoms with E-state index >= 15 is 0 Å². The number of benzene rings is 1. The van der Waals surface area contributed by atoms with Gasteiger partial charge in [-0.05, 0) is 59.1 Å². The van der Waals surface area contributed by atoms with E-state index in [0.29, 0.717) is 21.5 Å². The van der Waals surface area contributed by atoms with Crippen molar-refractivity contribution in [1.29, 1.82) is 0 Å². The van der Waals surface area contributed by atoms with Crippen molar-refractivity contribution in [3.05, 3.63) is 63.9 Å². The maximum absolute atomic E-state index is 13.1. The van der Waals surface area contributed by atoms with Crippen LogP contribution in [0.15, 0.2) is 52.6 Å². The van der Waals surface area contributed by atoms with Crippen LogP contribution in [0.5, 0.6) is 5.75 Å². The first kappa shape index (κ1) is 20.6. The van der Waals surface area contributed by atoms with Crippen molar-refractivity contribution in [1.82, 2.24) is 9.88 Å². The smallest absolute Gasteiger partial charge is 0.295 e. The zero-order chi connectivity index (χ0) is 21.3. The molecule has 1 amide bonds. The van der Waals surface area contributed by atoms with Crippen LogP contribution in [0.4, 0.5) is 0 Å². The van der Waals surface area contributed by atoms with Crippen LogP contribution in [0.2, 0.25) is 0 Å². The van der Waals surface area contributed by atoms with Crippen molar-refractivity contribution in [2.45, 2.75) is 44.2 Å². The molecule has 1 atom stereocenters. The number of hydrogen-bond donors (Lipinski definition) is 1. The predicted molar refractivity (Wildman–Crippen MR) is 116 cm³/mol. The van der Waals surface area contributed by atoms with Crippen LogP contribution in [0.1, 0.15) is 49.4 Å². The largest absolute Gasteiger partial charge is 0.507 e. The van der Waals surface area contributed by atoms with Gasteiger partial charge in [0.1, 0.15) is 17.6 Å². The highest BCUT2D eigenvalue weighted by atomic mass is 79.9. The average Bonchev–Trinajstić information content (AvgIpc) is 3.05. The van der Waals surface area contributed by atoms with Crippen molar-refractivity contribution < 1.29 is 19.4 Å². The molecule has 7 heteroatoms. The lowest BCUT2D eigenvalue weighted by molar-refractivity contribution is -0.141. The molecular formula is C23H23BrN2O4. The summed E-state index contributed by atoms with van der Waals surface area (Å²) in [6, 6.07) is 9.73. The molecule has 2 fully saturated rings. The van der Waals surface area contributed by atoms with Crippen molar-refractivity contribution in [2.24, 2.45) is 0 Å². The van der Waals surface area contributed by atoms with Crippen molar-refractivity contribution in [2.75, 3.05) is 7.11 Å². The highest BCUT2D eigenvalue weighted by molar-refractivity contribution is 9.10. The van der Waals surface area contributed by atoms with Crippen LogP contribution >= 0.6 is 15.9 Å². The lowest BCUT2D eigenvalue weighted by Crippen LogP contribution is -2.40. The first-order valence-electron chi connectivity index (χ1n) is 10.1. The molecule has 2 aliphatic rings. The Labute approximate surface area is 183 Å². The van der Waals surface area contributed by atoms with Crippen molar-refractivity contribution in [3.8, 4) is 5.75 Å². The summed E-state index contributed by atoms with van der Waals surface area (Å²) in [5.41, 5.74) is 1.10. The van der Waals surface area contributed by atoms with Gasteiger partial charge in [0, 0.05) is 17.8 Å². The summed E-state index contributed by atoms with van der Waals surface area (Å²) in [4.78, 5) is 32.2. The second-order valence-corrected chi connectivity index (χ2v) is 8.46. The number of aliphatic hydroxyl groups excluding tert-OH is 1. The number of amides is 1. The van der Waals surface area contributed by atoms with E-state index in [4.69, 9.17) is 4.74 Å². The Morgan fingerprint density at radius 3 is 2.57 bits per heavy atom. The van der Waals surface area contributed by atoms with Crippen LogP contribution in [-0.4, -0.2) is 39.8 Å². The minimum Gasteiger partial charge on any atom is -0.507 e. The normalized spacial score (nSPS) is 21.8. The molecule has 156 valence electrons. The molecule has 1 unspecified atom stereocenters. The lowest BCUT2D eigenvalue weighted by Gasteiger charge is -2.35. The highest BCUT2D eigenvalue weighted by Gasteiger charge is 2.49. The fraction of sp³-hybridized carbons (Fsp3) is 0.348. The monoisotopic (exact) mass is 470 g/mol. The summed E-state index contributed by atoms with van der Waals surface area (Å²) in [7, 11) is 1.55. The lowest BCUT2D eigenvalue weighted by atomic mass is 9.92. The Morgan fingerprint density at radius 1 is 1.17 bits per heavy atom. The first-order valence-corrected chi connectivity index (χ1v) is 10.9. The summed E-state index contributed by atoms with van der Waals surface area (Å²) < 4.78 is 5.89. The van der Waals surface area contributed by atoms with E-state index in [1.165, 1.54) is 0 Å². The van der Waals surface area contributed by atoms with E-state index in [9.17, 15) is 14.7 Å². The number of carbonyl (C=O) groups excluding carboxylic acids is 2. The Bertz CT molecular complexity index is 1000. The van der Waals surface area contributed by atoms with Gasteiger partial charge >= 0.3 is 0 Å². The molecule has 1 N–H and O–H groups in total. The van der Waals surface area contributed by atoms with Crippen LogP contribution in [0.25, 0.3) is 5.76 Å².